The van der Waals surface area contributed by atoms with E-state index in [1.54, 1.807) is 18.0 Å². The molecule has 1 aromatic carbocycles. The van der Waals surface area contributed by atoms with Crippen LogP contribution in [0.3, 0.4) is 0 Å². The fourth-order valence-corrected chi connectivity index (χ4v) is 2.79. The number of carbonyl (C=O) groups excluding carboxylic acids is 1. The lowest BCUT2D eigenvalue weighted by Crippen LogP contribution is -2.40. The number of rotatable bonds is 5. The third-order valence-corrected chi connectivity index (χ3v) is 3.93. The van der Waals surface area contributed by atoms with Crippen molar-refractivity contribution in [3.8, 4) is 0 Å². The zero-order chi connectivity index (χ0) is 15.5. The molecule has 0 heterocycles. The topological polar surface area (TPSA) is 43.8 Å². The van der Waals surface area contributed by atoms with Gasteiger partial charge in [0.15, 0.2) is 0 Å². The van der Waals surface area contributed by atoms with Crippen LogP contribution < -0.4 is 0 Å². The Morgan fingerprint density at radius 1 is 1.33 bits per heavy atom. The highest BCUT2D eigenvalue weighted by atomic mass is 16.3. The molecule has 2 rings (SSSR count). The maximum absolute atomic E-state index is 12.1. The minimum atomic E-state index is -0.920. The molecule has 1 amide bonds. The lowest BCUT2D eigenvalue weighted by atomic mass is 9.95. The van der Waals surface area contributed by atoms with Crippen LogP contribution >= 0.6 is 0 Å². The average molecular weight is 288 g/mol. The van der Waals surface area contributed by atoms with E-state index >= 15 is 0 Å². The van der Waals surface area contributed by atoms with Crippen LogP contribution in [0, 0.1) is 0 Å². The number of carbonyl (C=O) groups is 1. The molecule has 1 atom stereocenters. The predicted molar refractivity (Wildman–Crippen MR) is 84.0 cm³/mol. The number of likely N-dealkylation sites (N-methyl/N-ethyl adjacent to an activating group) is 2. The highest BCUT2D eigenvalue weighted by Gasteiger charge is 2.37. The summed E-state index contributed by atoms with van der Waals surface area (Å²) in [6.07, 6.45) is 4.95. The van der Waals surface area contributed by atoms with E-state index in [0.717, 1.165) is 18.5 Å². The van der Waals surface area contributed by atoms with Gasteiger partial charge in [0.05, 0.1) is 6.54 Å². The summed E-state index contributed by atoms with van der Waals surface area (Å²) in [5.41, 5.74) is 1.22. The fraction of sp³-hybridized carbons (Fsp3) is 0.471. The van der Waals surface area contributed by atoms with E-state index in [1.807, 2.05) is 49.3 Å². The fourth-order valence-electron chi connectivity index (χ4n) is 2.79. The minimum Gasteiger partial charge on any atom is -0.383 e. The Bertz CT molecular complexity index is 539. The SMILES string of the molecule is CN(C)C/C=C/C(=O)N(C)CC1(O)CCc2ccccc21. The Labute approximate surface area is 126 Å². The number of aliphatic hydroxyl groups is 1. The first-order chi connectivity index (χ1) is 9.92. The van der Waals surface area contributed by atoms with Crippen molar-refractivity contribution < 1.29 is 9.90 Å². The zero-order valence-electron chi connectivity index (χ0n) is 13.0. The van der Waals surface area contributed by atoms with Crippen LogP contribution in [-0.4, -0.2) is 55.0 Å². The van der Waals surface area contributed by atoms with Gasteiger partial charge < -0.3 is 14.9 Å². The Balaban J connectivity index is 2.01. The maximum atomic E-state index is 12.1. The molecule has 1 aliphatic rings. The Morgan fingerprint density at radius 3 is 2.76 bits per heavy atom. The highest BCUT2D eigenvalue weighted by Crippen LogP contribution is 2.37. The molecule has 0 aliphatic heterocycles. The molecule has 1 unspecified atom stereocenters. The molecule has 0 aromatic heterocycles. The van der Waals surface area contributed by atoms with Gasteiger partial charge in [-0.3, -0.25) is 4.79 Å². The van der Waals surface area contributed by atoms with Crippen LogP contribution in [-0.2, 0) is 16.8 Å². The first kappa shape index (κ1) is 15.7. The number of hydrogen-bond acceptors (Lipinski definition) is 3. The van der Waals surface area contributed by atoms with Crippen molar-refractivity contribution in [2.45, 2.75) is 18.4 Å². The third kappa shape index (κ3) is 3.71. The molecule has 4 heteroatoms. The first-order valence-corrected chi connectivity index (χ1v) is 7.29. The second-order valence-electron chi connectivity index (χ2n) is 6.05. The van der Waals surface area contributed by atoms with Crippen molar-refractivity contribution in [2.75, 3.05) is 34.2 Å². The van der Waals surface area contributed by atoms with E-state index in [4.69, 9.17) is 0 Å². The summed E-state index contributed by atoms with van der Waals surface area (Å²) in [4.78, 5) is 15.7. The lowest BCUT2D eigenvalue weighted by molar-refractivity contribution is -0.128. The summed E-state index contributed by atoms with van der Waals surface area (Å²) in [5, 5.41) is 10.9. The van der Waals surface area contributed by atoms with Gasteiger partial charge in [0.25, 0.3) is 0 Å². The van der Waals surface area contributed by atoms with Crippen molar-refractivity contribution in [1.29, 1.82) is 0 Å². The summed E-state index contributed by atoms with van der Waals surface area (Å²) in [6, 6.07) is 7.94. The van der Waals surface area contributed by atoms with E-state index in [9.17, 15) is 9.90 Å². The van der Waals surface area contributed by atoms with Crippen molar-refractivity contribution in [3.63, 3.8) is 0 Å². The monoisotopic (exact) mass is 288 g/mol. The van der Waals surface area contributed by atoms with Crippen molar-refractivity contribution in [2.24, 2.45) is 0 Å². The second kappa shape index (κ2) is 6.41. The molecule has 4 nitrogen and oxygen atoms in total. The number of fused-ring (bicyclic) bond motifs is 1. The van der Waals surface area contributed by atoms with Crippen LogP contribution in [0.5, 0.6) is 0 Å². The summed E-state index contributed by atoms with van der Waals surface area (Å²) < 4.78 is 0. The first-order valence-electron chi connectivity index (χ1n) is 7.29. The van der Waals surface area contributed by atoms with Crippen molar-refractivity contribution >= 4 is 5.91 Å². The zero-order valence-corrected chi connectivity index (χ0v) is 13.0. The molecule has 1 N–H and O–H groups in total. The molecule has 21 heavy (non-hydrogen) atoms. The quantitative estimate of drug-likeness (QED) is 0.833. The van der Waals surface area contributed by atoms with Gasteiger partial charge >= 0.3 is 0 Å². The van der Waals surface area contributed by atoms with Gasteiger partial charge in [0.1, 0.15) is 5.60 Å². The highest BCUT2D eigenvalue weighted by molar-refractivity contribution is 5.87. The van der Waals surface area contributed by atoms with E-state index in [1.165, 1.54) is 5.56 Å². The number of nitrogens with zero attached hydrogens (tertiary/aromatic N) is 2. The molecule has 0 saturated carbocycles. The standard InChI is InChI=1S/C17H24N2O2/c1-18(2)12-6-9-16(20)19(3)13-17(21)11-10-14-7-4-5-8-15(14)17/h4-9,21H,10-13H2,1-3H3/b9-6+. The minimum absolute atomic E-state index is 0.0744. The second-order valence-corrected chi connectivity index (χ2v) is 6.05. The lowest BCUT2D eigenvalue weighted by Gasteiger charge is -2.29. The summed E-state index contributed by atoms with van der Waals surface area (Å²) >= 11 is 0. The van der Waals surface area contributed by atoms with Gasteiger partial charge in [-0.25, -0.2) is 0 Å². The van der Waals surface area contributed by atoms with Crippen LogP contribution in [0.25, 0.3) is 0 Å². The Kier molecular flexibility index (Phi) is 4.80. The van der Waals surface area contributed by atoms with Crippen molar-refractivity contribution in [1.82, 2.24) is 9.80 Å². The Hall–Kier alpha value is -1.65. The smallest absolute Gasteiger partial charge is 0.246 e. The molecule has 114 valence electrons. The summed E-state index contributed by atoms with van der Waals surface area (Å²) in [6.45, 7) is 1.06. The van der Waals surface area contributed by atoms with Crippen molar-refractivity contribution in [3.05, 3.63) is 47.5 Å². The maximum Gasteiger partial charge on any atom is 0.246 e. The van der Waals surface area contributed by atoms with Crippen LogP contribution in [0.2, 0.25) is 0 Å². The average Bonchev–Trinajstić information content (AvgIpc) is 2.76. The number of aryl methyl sites for hydroxylation is 1. The molecule has 0 bridgehead atoms. The van der Waals surface area contributed by atoms with Crippen LogP contribution in [0.4, 0.5) is 0 Å². The van der Waals surface area contributed by atoms with Gasteiger partial charge in [-0.1, -0.05) is 30.3 Å². The van der Waals surface area contributed by atoms with Gasteiger partial charge in [-0.2, -0.15) is 0 Å². The van der Waals surface area contributed by atoms with Crippen LogP contribution in [0.1, 0.15) is 17.5 Å². The van der Waals surface area contributed by atoms with Crippen LogP contribution in [0.15, 0.2) is 36.4 Å². The van der Waals surface area contributed by atoms with Gasteiger partial charge in [-0.05, 0) is 38.1 Å². The molecule has 1 aliphatic carbocycles. The van der Waals surface area contributed by atoms with E-state index in [2.05, 4.69) is 0 Å². The molecular formula is C17H24N2O2. The molecule has 0 radical (unpaired) electrons. The number of hydrogen-bond donors (Lipinski definition) is 1. The number of amides is 1. The largest absolute Gasteiger partial charge is 0.383 e. The molecule has 1 aromatic rings. The molecule has 0 fully saturated rings. The molecule has 0 spiro atoms. The molecular weight excluding hydrogens is 264 g/mol. The molecule has 0 saturated heterocycles. The van der Waals surface area contributed by atoms with Gasteiger partial charge in [0.2, 0.25) is 5.91 Å². The number of benzene rings is 1. The third-order valence-electron chi connectivity index (χ3n) is 3.93. The van der Waals surface area contributed by atoms with Gasteiger partial charge in [-0.15, -0.1) is 0 Å². The normalized spacial score (nSPS) is 21.0. The van der Waals surface area contributed by atoms with E-state index < -0.39 is 5.60 Å². The predicted octanol–water partition coefficient (Wildman–Crippen LogP) is 1.40. The van der Waals surface area contributed by atoms with Gasteiger partial charge in [0, 0.05) is 19.7 Å². The van der Waals surface area contributed by atoms with E-state index in [-0.39, 0.29) is 5.91 Å². The summed E-state index contributed by atoms with van der Waals surface area (Å²) in [7, 11) is 5.65. The summed E-state index contributed by atoms with van der Waals surface area (Å²) in [5.74, 6) is -0.0744. The van der Waals surface area contributed by atoms with E-state index in [0.29, 0.717) is 13.0 Å². The Morgan fingerprint density at radius 2 is 2.05 bits per heavy atom.